The zero-order chi connectivity index (χ0) is 52.2. The van der Waals surface area contributed by atoms with E-state index in [1.165, 1.54) is 141 Å². The van der Waals surface area contributed by atoms with Gasteiger partial charge in [0.2, 0.25) is 0 Å². The summed E-state index contributed by atoms with van der Waals surface area (Å²) in [4.78, 5) is 38.3. The molecule has 0 radical (unpaired) electrons. The first-order valence-electron chi connectivity index (χ1n) is 30.6. The van der Waals surface area contributed by atoms with Crippen LogP contribution in [0.1, 0.15) is 297 Å². The summed E-state index contributed by atoms with van der Waals surface area (Å²) in [6, 6.07) is 0. The molecular weight excluding hydrogens is 889 g/mol. The van der Waals surface area contributed by atoms with Gasteiger partial charge in [-0.15, -0.1) is 0 Å². The molecule has 6 heteroatoms. The van der Waals surface area contributed by atoms with Gasteiger partial charge in [0.15, 0.2) is 6.10 Å². The van der Waals surface area contributed by atoms with Gasteiger partial charge in [0.05, 0.1) is 0 Å². The molecule has 0 amide bonds. The summed E-state index contributed by atoms with van der Waals surface area (Å²) in [5, 5.41) is 0. The van der Waals surface area contributed by atoms with Crippen LogP contribution in [0.25, 0.3) is 0 Å². The maximum absolute atomic E-state index is 12.9. The Hall–Kier alpha value is -3.41. The van der Waals surface area contributed by atoms with Crippen LogP contribution in [0, 0.1) is 0 Å². The summed E-state index contributed by atoms with van der Waals surface area (Å²) < 4.78 is 16.9. The fraction of sp³-hybridized carbons (Fsp3) is 0.742. The highest BCUT2D eigenvalue weighted by molar-refractivity contribution is 5.71. The Labute approximate surface area is 445 Å². The second-order valence-electron chi connectivity index (χ2n) is 20.3. The van der Waals surface area contributed by atoms with E-state index in [-0.39, 0.29) is 31.1 Å². The lowest BCUT2D eigenvalue weighted by atomic mass is 10.0. The summed E-state index contributed by atoms with van der Waals surface area (Å²) in [6.45, 7) is 6.51. The molecule has 0 aliphatic heterocycles. The third kappa shape index (κ3) is 57.5. The number of esters is 3. The number of carbonyl (C=O) groups excluding carboxylic acids is 3. The average Bonchev–Trinajstić information content (AvgIpc) is 3.38. The van der Waals surface area contributed by atoms with Crippen LogP contribution >= 0.6 is 0 Å². The minimum absolute atomic E-state index is 0.0914. The summed E-state index contributed by atoms with van der Waals surface area (Å²) in [7, 11) is 0. The lowest BCUT2D eigenvalue weighted by Crippen LogP contribution is -2.30. The maximum atomic E-state index is 12.9. The normalized spacial score (nSPS) is 12.7. The summed E-state index contributed by atoms with van der Waals surface area (Å²) in [6.07, 6.45) is 78.6. The Morgan fingerprint density at radius 2 is 0.583 bits per heavy atom. The van der Waals surface area contributed by atoms with Crippen molar-refractivity contribution in [1.29, 1.82) is 0 Å². The number of hydrogen-bond acceptors (Lipinski definition) is 6. The van der Waals surface area contributed by atoms with Crippen LogP contribution in [-0.2, 0) is 28.6 Å². The molecule has 0 fully saturated rings. The van der Waals surface area contributed by atoms with E-state index in [2.05, 4.69) is 106 Å². The van der Waals surface area contributed by atoms with Gasteiger partial charge in [0, 0.05) is 19.3 Å². The third-order valence-electron chi connectivity index (χ3n) is 13.2. The highest BCUT2D eigenvalue weighted by Gasteiger charge is 2.19. The van der Waals surface area contributed by atoms with E-state index >= 15 is 0 Å². The molecule has 1 atom stereocenters. The molecular formula is C66H114O6. The van der Waals surface area contributed by atoms with Crippen LogP contribution in [-0.4, -0.2) is 37.2 Å². The Kier molecular flexibility index (Phi) is 57.3. The van der Waals surface area contributed by atoms with Crippen molar-refractivity contribution in [2.24, 2.45) is 0 Å². The van der Waals surface area contributed by atoms with E-state index in [9.17, 15) is 14.4 Å². The van der Waals surface area contributed by atoms with Crippen molar-refractivity contribution in [3.05, 3.63) is 85.1 Å². The summed E-state index contributed by atoms with van der Waals surface area (Å²) >= 11 is 0. The van der Waals surface area contributed by atoms with Crippen molar-refractivity contribution in [3.8, 4) is 0 Å². The van der Waals surface area contributed by atoms with E-state index in [0.717, 1.165) is 116 Å². The number of ether oxygens (including phenoxy) is 3. The molecule has 0 aliphatic rings. The van der Waals surface area contributed by atoms with Crippen LogP contribution in [0.15, 0.2) is 85.1 Å². The number of rotatable bonds is 55. The van der Waals surface area contributed by atoms with Crippen molar-refractivity contribution in [3.63, 3.8) is 0 Å². The van der Waals surface area contributed by atoms with Gasteiger partial charge < -0.3 is 14.2 Å². The Morgan fingerprint density at radius 3 is 0.944 bits per heavy atom. The highest BCUT2D eigenvalue weighted by atomic mass is 16.6. The number of carbonyl (C=O) groups is 3. The van der Waals surface area contributed by atoms with Gasteiger partial charge in [-0.2, -0.15) is 0 Å². The van der Waals surface area contributed by atoms with Gasteiger partial charge in [0.1, 0.15) is 13.2 Å². The van der Waals surface area contributed by atoms with Crippen LogP contribution < -0.4 is 0 Å². The van der Waals surface area contributed by atoms with Crippen molar-refractivity contribution >= 4 is 17.9 Å². The molecule has 0 saturated carbocycles. The van der Waals surface area contributed by atoms with Gasteiger partial charge >= 0.3 is 17.9 Å². The first kappa shape index (κ1) is 68.6. The largest absolute Gasteiger partial charge is 0.462 e. The minimum Gasteiger partial charge on any atom is -0.462 e. The Bertz CT molecular complexity index is 1380. The summed E-state index contributed by atoms with van der Waals surface area (Å²) in [5.74, 6) is -0.929. The van der Waals surface area contributed by atoms with Gasteiger partial charge in [-0.1, -0.05) is 273 Å². The highest BCUT2D eigenvalue weighted by Crippen LogP contribution is 2.16. The van der Waals surface area contributed by atoms with E-state index in [0.29, 0.717) is 19.3 Å². The van der Waals surface area contributed by atoms with Crippen molar-refractivity contribution in [1.82, 2.24) is 0 Å². The molecule has 0 aromatic heterocycles. The maximum Gasteiger partial charge on any atom is 0.306 e. The molecule has 1 unspecified atom stereocenters. The third-order valence-corrected chi connectivity index (χ3v) is 13.2. The predicted octanol–water partition coefficient (Wildman–Crippen LogP) is 20.7. The molecule has 0 spiro atoms. The molecule has 6 nitrogen and oxygen atoms in total. The van der Waals surface area contributed by atoms with Crippen LogP contribution in [0.4, 0.5) is 0 Å². The lowest BCUT2D eigenvalue weighted by Gasteiger charge is -2.18. The lowest BCUT2D eigenvalue weighted by molar-refractivity contribution is -0.167. The van der Waals surface area contributed by atoms with Gasteiger partial charge in [-0.25, -0.2) is 0 Å². The van der Waals surface area contributed by atoms with E-state index < -0.39 is 6.10 Å². The molecule has 0 heterocycles. The van der Waals surface area contributed by atoms with Crippen LogP contribution in [0.3, 0.4) is 0 Å². The van der Waals surface area contributed by atoms with E-state index in [4.69, 9.17) is 14.2 Å². The first-order chi connectivity index (χ1) is 35.5. The smallest absolute Gasteiger partial charge is 0.306 e. The molecule has 414 valence electrons. The molecule has 0 N–H and O–H groups in total. The second kappa shape index (κ2) is 60.1. The minimum atomic E-state index is -0.798. The van der Waals surface area contributed by atoms with E-state index in [1.54, 1.807) is 0 Å². The zero-order valence-electron chi connectivity index (χ0n) is 47.4. The van der Waals surface area contributed by atoms with Gasteiger partial charge in [-0.3, -0.25) is 14.4 Å². The SMILES string of the molecule is CC/C=C\C/C=C\C/C=C\C/C=C\C/C=C\CCCCCC(=O)OCC(COC(=O)CCCCCCCCCCCCCCCCCCC)OC(=O)CCCCCCC/C=C\C=C/CCCCCCCCC. The van der Waals surface area contributed by atoms with Crippen LogP contribution in [0.2, 0.25) is 0 Å². The van der Waals surface area contributed by atoms with Crippen molar-refractivity contribution in [2.75, 3.05) is 13.2 Å². The van der Waals surface area contributed by atoms with E-state index in [1.807, 2.05) is 0 Å². The predicted molar refractivity (Wildman–Crippen MR) is 311 cm³/mol. The molecule has 0 rings (SSSR count). The molecule has 0 bridgehead atoms. The second-order valence-corrected chi connectivity index (χ2v) is 20.3. The fourth-order valence-electron chi connectivity index (χ4n) is 8.58. The van der Waals surface area contributed by atoms with Crippen molar-refractivity contribution < 1.29 is 28.6 Å². The first-order valence-corrected chi connectivity index (χ1v) is 30.6. The quantitative estimate of drug-likeness (QED) is 0.0199. The molecule has 0 aromatic rings. The topological polar surface area (TPSA) is 78.9 Å². The molecule has 0 aliphatic carbocycles. The Morgan fingerprint density at radius 1 is 0.306 bits per heavy atom. The van der Waals surface area contributed by atoms with Crippen LogP contribution in [0.5, 0.6) is 0 Å². The zero-order valence-corrected chi connectivity index (χ0v) is 47.4. The molecule has 72 heavy (non-hydrogen) atoms. The standard InChI is InChI=1S/C66H114O6/c1-4-7-10-13-16-19-22-25-28-31-33-36-38-41-44-47-50-53-56-59-65(68)71-62-63(61-70-64(67)58-55-52-49-46-43-40-37-34-30-27-24-21-18-15-12-9-6-3)72-66(69)60-57-54-51-48-45-42-39-35-32-29-26-23-20-17-14-11-8-5-2/h7,10,16,19,25,28-29,32-33,35-36,39,41,44,63H,4-6,8-9,11-15,17-18,20-24,26-27,30-31,34,37-38,40,42-43,45-62H2,1-3H3/b10-7-,19-16-,28-25-,32-29-,36-33-,39-35-,44-41-. The average molecular weight is 1000 g/mol. The monoisotopic (exact) mass is 1000 g/mol. The van der Waals surface area contributed by atoms with Gasteiger partial charge in [-0.05, 0) is 89.9 Å². The summed E-state index contributed by atoms with van der Waals surface area (Å²) in [5.41, 5.74) is 0. The van der Waals surface area contributed by atoms with Crippen molar-refractivity contribution in [2.45, 2.75) is 303 Å². The number of unbranched alkanes of at least 4 members (excludes halogenated alkanes) is 31. The number of hydrogen-bond donors (Lipinski definition) is 0. The van der Waals surface area contributed by atoms with Gasteiger partial charge in [0.25, 0.3) is 0 Å². The molecule has 0 aromatic carbocycles. The fourth-order valence-corrected chi connectivity index (χ4v) is 8.58. The number of allylic oxidation sites excluding steroid dienone is 14. The Balaban J connectivity index is 4.46. The molecule has 0 saturated heterocycles.